The molecule has 2 heterocycles. The highest BCUT2D eigenvalue weighted by Crippen LogP contribution is 2.28. The summed E-state index contributed by atoms with van der Waals surface area (Å²) in [5.74, 6) is -2.50. The number of thiophene rings is 2. The van der Waals surface area contributed by atoms with Crippen LogP contribution in [0.5, 0.6) is 0 Å². The third kappa shape index (κ3) is 2.93. The molecule has 0 bridgehead atoms. The predicted octanol–water partition coefficient (Wildman–Crippen LogP) is 4.61. The van der Waals surface area contributed by atoms with Crippen molar-refractivity contribution in [2.24, 2.45) is 0 Å². The predicted molar refractivity (Wildman–Crippen MR) is 84.3 cm³/mol. The van der Waals surface area contributed by atoms with Gasteiger partial charge in [-0.15, -0.1) is 11.3 Å². The summed E-state index contributed by atoms with van der Waals surface area (Å²) in [5.41, 5.74) is 0.330. The van der Waals surface area contributed by atoms with E-state index in [1.54, 1.807) is 0 Å². The van der Waals surface area contributed by atoms with Gasteiger partial charge in [0.2, 0.25) is 0 Å². The van der Waals surface area contributed by atoms with Crippen LogP contribution in [-0.2, 0) is 0 Å². The molecule has 0 aliphatic heterocycles. The van der Waals surface area contributed by atoms with E-state index in [4.69, 9.17) is 0 Å². The first kappa shape index (κ1) is 14.9. The first-order valence-electron chi connectivity index (χ1n) is 6.47. The zero-order valence-corrected chi connectivity index (χ0v) is 12.9. The van der Waals surface area contributed by atoms with Crippen molar-refractivity contribution in [1.29, 1.82) is 0 Å². The largest absolute Gasteiger partial charge is 0.340 e. The molecular weight excluding hydrogens is 324 g/mol. The Bertz CT molecular complexity index is 715. The number of amides is 1. The smallest absolute Gasteiger partial charge is 0.258 e. The van der Waals surface area contributed by atoms with Gasteiger partial charge in [0, 0.05) is 4.88 Å². The molecule has 0 saturated carbocycles. The highest BCUT2D eigenvalue weighted by molar-refractivity contribution is 7.10. The van der Waals surface area contributed by atoms with Crippen LogP contribution in [0.1, 0.15) is 26.8 Å². The summed E-state index contributed by atoms with van der Waals surface area (Å²) in [6.07, 6.45) is 0. The topological polar surface area (TPSA) is 29.1 Å². The van der Waals surface area contributed by atoms with E-state index in [0.717, 1.165) is 22.6 Å². The molecule has 1 atom stereocenters. The number of benzene rings is 1. The lowest BCUT2D eigenvalue weighted by Gasteiger charge is -2.17. The van der Waals surface area contributed by atoms with E-state index in [-0.39, 0.29) is 0 Å². The van der Waals surface area contributed by atoms with Gasteiger partial charge in [-0.1, -0.05) is 12.1 Å². The lowest BCUT2D eigenvalue weighted by Crippen LogP contribution is -2.30. The molecule has 0 aliphatic rings. The Labute approximate surface area is 134 Å². The number of nitrogens with one attached hydrogen (secondary N) is 1. The van der Waals surface area contributed by atoms with Gasteiger partial charge in [0.15, 0.2) is 0 Å². The number of carbonyl (C=O) groups is 1. The van der Waals surface area contributed by atoms with Crippen LogP contribution in [0.3, 0.4) is 0 Å². The molecule has 0 spiro atoms. The van der Waals surface area contributed by atoms with Crippen LogP contribution < -0.4 is 5.32 Å². The van der Waals surface area contributed by atoms with Crippen LogP contribution in [0.15, 0.2) is 52.5 Å². The molecular formula is C16H11F2NOS2. The van der Waals surface area contributed by atoms with Crippen molar-refractivity contribution in [3.63, 3.8) is 0 Å². The molecule has 1 N–H and O–H groups in total. The summed E-state index contributed by atoms with van der Waals surface area (Å²) in [6.45, 7) is 0. The van der Waals surface area contributed by atoms with Crippen LogP contribution in [0, 0.1) is 11.6 Å². The fourth-order valence-corrected chi connectivity index (χ4v) is 3.62. The molecule has 0 unspecified atom stereocenters. The fourth-order valence-electron chi connectivity index (χ4n) is 2.13. The van der Waals surface area contributed by atoms with Crippen molar-refractivity contribution in [2.45, 2.75) is 6.04 Å². The Kier molecular flexibility index (Phi) is 4.31. The average Bonchev–Trinajstić information content (AvgIpc) is 3.18. The van der Waals surface area contributed by atoms with Crippen LogP contribution in [-0.4, -0.2) is 5.91 Å². The Balaban J connectivity index is 1.93. The average molecular weight is 335 g/mol. The Morgan fingerprint density at radius 3 is 2.41 bits per heavy atom. The number of carbonyl (C=O) groups excluding carboxylic acids is 1. The highest BCUT2D eigenvalue weighted by atomic mass is 32.1. The Hall–Kier alpha value is -2.05. The molecule has 3 aromatic rings. The van der Waals surface area contributed by atoms with Crippen molar-refractivity contribution >= 4 is 28.6 Å². The van der Waals surface area contributed by atoms with Gasteiger partial charge in [-0.25, -0.2) is 8.78 Å². The molecule has 0 saturated heterocycles. The molecule has 0 radical (unpaired) electrons. The maximum atomic E-state index is 13.7. The van der Waals surface area contributed by atoms with E-state index in [1.807, 2.05) is 34.3 Å². The maximum Gasteiger partial charge on any atom is 0.258 e. The lowest BCUT2D eigenvalue weighted by atomic mass is 10.1. The molecule has 1 aromatic carbocycles. The van der Waals surface area contributed by atoms with Gasteiger partial charge in [0.1, 0.15) is 17.2 Å². The van der Waals surface area contributed by atoms with Crippen molar-refractivity contribution in [3.05, 3.63) is 80.2 Å². The third-order valence-corrected chi connectivity index (χ3v) is 4.81. The second-order valence-electron chi connectivity index (χ2n) is 4.58. The van der Waals surface area contributed by atoms with Crippen LogP contribution in [0.25, 0.3) is 0 Å². The van der Waals surface area contributed by atoms with Gasteiger partial charge in [-0.2, -0.15) is 11.3 Å². The van der Waals surface area contributed by atoms with Gasteiger partial charge >= 0.3 is 0 Å². The number of hydrogen-bond donors (Lipinski definition) is 1. The zero-order chi connectivity index (χ0) is 15.5. The minimum atomic E-state index is -0.868. The van der Waals surface area contributed by atoms with Gasteiger partial charge in [0.25, 0.3) is 5.91 Å². The van der Waals surface area contributed by atoms with Crippen molar-refractivity contribution in [1.82, 2.24) is 5.32 Å². The maximum absolute atomic E-state index is 13.7. The number of halogens is 2. The molecule has 2 nitrogen and oxygen atoms in total. The summed E-state index contributed by atoms with van der Waals surface area (Å²) in [7, 11) is 0. The standard InChI is InChI=1S/C16H11F2NOS2/c17-11-3-1-4-12(18)14(11)16(20)19-15(10-6-8-21-9-10)13-5-2-7-22-13/h1-9,15H,(H,19,20)/t15-/m1/s1. The van der Waals surface area contributed by atoms with Crippen LogP contribution in [0.2, 0.25) is 0 Å². The summed E-state index contributed by atoms with van der Waals surface area (Å²) in [6, 6.07) is 8.59. The normalized spacial score (nSPS) is 12.1. The monoisotopic (exact) mass is 335 g/mol. The number of hydrogen-bond acceptors (Lipinski definition) is 3. The second kappa shape index (κ2) is 6.37. The molecule has 112 valence electrons. The van der Waals surface area contributed by atoms with Crippen molar-refractivity contribution in [3.8, 4) is 0 Å². The van der Waals surface area contributed by atoms with Crippen molar-refractivity contribution < 1.29 is 13.6 Å². The zero-order valence-electron chi connectivity index (χ0n) is 11.3. The summed E-state index contributed by atoms with van der Waals surface area (Å²) in [4.78, 5) is 13.2. The third-order valence-electron chi connectivity index (χ3n) is 3.17. The van der Waals surface area contributed by atoms with Crippen LogP contribution >= 0.6 is 22.7 Å². The quantitative estimate of drug-likeness (QED) is 0.741. The minimum absolute atomic E-state index is 0.419. The summed E-state index contributed by atoms with van der Waals surface area (Å²) in [5, 5.41) is 8.41. The SMILES string of the molecule is O=C(N[C@H](c1ccsc1)c1cccs1)c1c(F)cccc1F. The van der Waals surface area contributed by atoms with E-state index < -0.39 is 29.1 Å². The van der Waals surface area contributed by atoms with Gasteiger partial charge in [0.05, 0.1) is 6.04 Å². The van der Waals surface area contributed by atoms with Gasteiger partial charge < -0.3 is 5.32 Å². The first-order chi connectivity index (χ1) is 10.7. The summed E-state index contributed by atoms with van der Waals surface area (Å²) >= 11 is 2.98. The van der Waals surface area contributed by atoms with Crippen LogP contribution in [0.4, 0.5) is 8.78 Å². The summed E-state index contributed by atoms with van der Waals surface area (Å²) < 4.78 is 27.5. The molecule has 1 amide bonds. The molecule has 3 rings (SSSR count). The molecule has 6 heteroatoms. The van der Waals surface area contributed by atoms with E-state index in [9.17, 15) is 13.6 Å². The fraction of sp³-hybridized carbons (Fsp3) is 0.0625. The van der Waals surface area contributed by atoms with Gasteiger partial charge in [-0.05, 0) is 46.0 Å². The van der Waals surface area contributed by atoms with Gasteiger partial charge in [-0.3, -0.25) is 4.79 Å². The second-order valence-corrected chi connectivity index (χ2v) is 6.33. The molecule has 0 fully saturated rings. The van der Waals surface area contributed by atoms with E-state index in [0.29, 0.717) is 0 Å². The number of rotatable bonds is 4. The molecule has 22 heavy (non-hydrogen) atoms. The van der Waals surface area contributed by atoms with E-state index in [2.05, 4.69) is 5.32 Å². The Morgan fingerprint density at radius 2 is 1.82 bits per heavy atom. The minimum Gasteiger partial charge on any atom is -0.340 e. The highest BCUT2D eigenvalue weighted by Gasteiger charge is 2.23. The van der Waals surface area contributed by atoms with E-state index >= 15 is 0 Å². The molecule has 0 aliphatic carbocycles. The lowest BCUT2D eigenvalue weighted by molar-refractivity contribution is 0.0935. The van der Waals surface area contributed by atoms with E-state index in [1.165, 1.54) is 28.7 Å². The first-order valence-corrected chi connectivity index (χ1v) is 8.29. The molecule has 2 aromatic heterocycles. The van der Waals surface area contributed by atoms with Crippen molar-refractivity contribution in [2.75, 3.05) is 0 Å². The Morgan fingerprint density at radius 1 is 1.05 bits per heavy atom.